The van der Waals surface area contributed by atoms with E-state index in [1.807, 2.05) is 11.8 Å². The predicted molar refractivity (Wildman–Crippen MR) is 84.6 cm³/mol. The van der Waals surface area contributed by atoms with Gasteiger partial charge in [0.15, 0.2) is 0 Å². The van der Waals surface area contributed by atoms with E-state index in [1.165, 1.54) is 19.3 Å². The molecule has 22 heavy (non-hydrogen) atoms. The fourth-order valence-electron chi connectivity index (χ4n) is 4.50. The van der Waals surface area contributed by atoms with Crippen LogP contribution in [0.1, 0.15) is 52.4 Å². The van der Waals surface area contributed by atoms with E-state index in [0.29, 0.717) is 12.6 Å². The molecule has 0 aromatic heterocycles. The third kappa shape index (κ3) is 2.62. The molecule has 2 N–H and O–H groups in total. The molecule has 3 fully saturated rings. The van der Waals surface area contributed by atoms with Crippen molar-refractivity contribution in [2.75, 3.05) is 26.3 Å². The summed E-state index contributed by atoms with van der Waals surface area (Å²) >= 11 is 0. The Morgan fingerprint density at radius 3 is 2.73 bits per heavy atom. The molecule has 0 radical (unpaired) electrons. The van der Waals surface area contributed by atoms with E-state index in [2.05, 4.69) is 12.2 Å². The molecule has 3 atom stereocenters. The highest BCUT2D eigenvalue weighted by atomic mass is 16.5. The van der Waals surface area contributed by atoms with Crippen molar-refractivity contribution in [2.45, 2.75) is 64.5 Å². The van der Waals surface area contributed by atoms with Crippen LogP contribution in [-0.4, -0.2) is 54.5 Å². The van der Waals surface area contributed by atoms with Crippen LogP contribution in [0.15, 0.2) is 0 Å². The number of nitrogens with one attached hydrogen (secondary N) is 1. The zero-order valence-corrected chi connectivity index (χ0v) is 13.9. The van der Waals surface area contributed by atoms with Crippen molar-refractivity contribution in [1.29, 1.82) is 0 Å². The Kier molecular flexibility index (Phi) is 4.38. The average molecular weight is 310 g/mol. The van der Waals surface area contributed by atoms with Crippen molar-refractivity contribution < 1.29 is 14.6 Å². The molecule has 1 heterocycles. The number of aliphatic hydroxyl groups is 1. The van der Waals surface area contributed by atoms with E-state index in [1.54, 1.807) is 0 Å². The van der Waals surface area contributed by atoms with Crippen LogP contribution in [-0.2, 0) is 4.74 Å². The van der Waals surface area contributed by atoms with Gasteiger partial charge in [-0.05, 0) is 39.0 Å². The maximum Gasteiger partial charge on any atom is 0.317 e. The number of aliphatic hydroxyl groups excluding tert-OH is 1. The van der Waals surface area contributed by atoms with Gasteiger partial charge in [0.1, 0.15) is 0 Å². The molecule has 0 unspecified atom stereocenters. The van der Waals surface area contributed by atoms with Gasteiger partial charge in [-0.1, -0.05) is 13.3 Å². The van der Waals surface area contributed by atoms with Gasteiger partial charge >= 0.3 is 6.03 Å². The number of carbonyl (C=O) groups excluding carboxylic acids is 1. The maximum atomic E-state index is 12.6. The summed E-state index contributed by atoms with van der Waals surface area (Å²) in [5.41, 5.74) is 0.0684. The van der Waals surface area contributed by atoms with E-state index in [9.17, 15) is 9.90 Å². The lowest BCUT2D eigenvalue weighted by Gasteiger charge is -2.61. The standard InChI is InChI=1S/C17H30N2O3/c1-3-22-14-10-13(17(14)7-4-8-17)18-15(21)19-9-5-6-16(2,11-19)12-20/h13-14,20H,3-12H2,1-2H3,(H,18,21)/t13-,14+,16+/m0/s1. The molecule has 1 saturated heterocycles. The molecule has 5 heteroatoms. The second kappa shape index (κ2) is 6.00. The molecule has 126 valence electrons. The smallest absolute Gasteiger partial charge is 0.317 e. The fraction of sp³-hybridized carbons (Fsp3) is 0.941. The molecule has 1 aliphatic heterocycles. The van der Waals surface area contributed by atoms with Gasteiger partial charge in [0.25, 0.3) is 0 Å². The number of piperidine rings is 1. The molecule has 1 spiro atoms. The minimum Gasteiger partial charge on any atom is -0.396 e. The molecule has 2 saturated carbocycles. The number of amides is 2. The first-order valence-corrected chi connectivity index (χ1v) is 8.81. The number of rotatable bonds is 4. The quantitative estimate of drug-likeness (QED) is 0.836. The number of hydrogen-bond donors (Lipinski definition) is 2. The molecular formula is C17H30N2O3. The Morgan fingerprint density at radius 1 is 1.36 bits per heavy atom. The number of hydrogen-bond acceptors (Lipinski definition) is 3. The van der Waals surface area contributed by atoms with Crippen LogP contribution in [0.3, 0.4) is 0 Å². The first-order chi connectivity index (χ1) is 10.5. The van der Waals surface area contributed by atoms with Crippen LogP contribution in [0.5, 0.6) is 0 Å². The van der Waals surface area contributed by atoms with Gasteiger partial charge < -0.3 is 20.1 Å². The van der Waals surface area contributed by atoms with Crippen molar-refractivity contribution >= 4 is 6.03 Å². The second-order valence-electron chi connectivity index (χ2n) is 7.76. The number of nitrogens with zero attached hydrogens (tertiary/aromatic N) is 1. The van der Waals surface area contributed by atoms with E-state index >= 15 is 0 Å². The molecule has 2 amide bonds. The van der Waals surface area contributed by atoms with Crippen molar-refractivity contribution in [3.63, 3.8) is 0 Å². The molecule has 3 aliphatic rings. The van der Waals surface area contributed by atoms with Crippen LogP contribution in [0.4, 0.5) is 4.79 Å². The summed E-state index contributed by atoms with van der Waals surface area (Å²) in [4.78, 5) is 14.5. The van der Waals surface area contributed by atoms with E-state index in [4.69, 9.17) is 4.74 Å². The highest BCUT2D eigenvalue weighted by Crippen LogP contribution is 2.57. The van der Waals surface area contributed by atoms with E-state index in [0.717, 1.165) is 32.4 Å². The Hall–Kier alpha value is -0.810. The summed E-state index contributed by atoms with van der Waals surface area (Å²) in [5.74, 6) is 0. The highest BCUT2D eigenvalue weighted by Gasteiger charge is 2.59. The molecule has 0 aromatic rings. The normalized spacial score (nSPS) is 36.6. The highest BCUT2D eigenvalue weighted by molar-refractivity contribution is 5.75. The fourth-order valence-corrected chi connectivity index (χ4v) is 4.50. The molecule has 0 bridgehead atoms. The van der Waals surface area contributed by atoms with Crippen molar-refractivity contribution in [1.82, 2.24) is 10.2 Å². The minimum atomic E-state index is -0.142. The van der Waals surface area contributed by atoms with Crippen LogP contribution in [0.25, 0.3) is 0 Å². The summed E-state index contributed by atoms with van der Waals surface area (Å²) in [6, 6.07) is 0.318. The third-order valence-corrected chi connectivity index (χ3v) is 6.18. The number of ether oxygens (including phenoxy) is 1. The van der Waals surface area contributed by atoms with Crippen LogP contribution >= 0.6 is 0 Å². The second-order valence-corrected chi connectivity index (χ2v) is 7.76. The van der Waals surface area contributed by atoms with Gasteiger partial charge in [-0.3, -0.25) is 0 Å². The zero-order chi connectivity index (χ0) is 15.8. The largest absolute Gasteiger partial charge is 0.396 e. The Morgan fingerprint density at radius 2 is 2.14 bits per heavy atom. The monoisotopic (exact) mass is 310 g/mol. The average Bonchev–Trinajstić information content (AvgIpc) is 2.44. The van der Waals surface area contributed by atoms with Gasteiger partial charge in [0, 0.05) is 36.6 Å². The third-order valence-electron chi connectivity index (χ3n) is 6.18. The molecule has 5 nitrogen and oxygen atoms in total. The summed E-state index contributed by atoms with van der Waals surface area (Å²) in [5, 5.41) is 12.8. The summed E-state index contributed by atoms with van der Waals surface area (Å²) in [7, 11) is 0. The van der Waals surface area contributed by atoms with Crippen LogP contribution < -0.4 is 5.32 Å². The van der Waals surface area contributed by atoms with Gasteiger partial charge in [0.05, 0.1) is 12.7 Å². The summed E-state index contributed by atoms with van der Waals surface area (Å²) in [6.07, 6.45) is 6.86. The Bertz CT molecular complexity index is 424. The van der Waals surface area contributed by atoms with Crippen molar-refractivity contribution in [3.8, 4) is 0 Å². The SMILES string of the molecule is CCO[C@@H]1C[C@H](NC(=O)N2CCC[C@@](C)(CO)C2)C12CCC2. The van der Waals surface area contributed by atoms with Gasteiger partial charge in [-0.15, -0.1) is 0 Å². The molecule has 3 rings (SSSR count). The maximum absolute atomic E-state index is 12.6. The van der Waals surface area contributed by atoms with Crippen LogP contribution in [0, 0.1) is 10.8 Å². The number of urea groups is 1. The van der Waals surface area contributed by atoms with Crippen molar-refractivity contribution in [3.05, 3.63) is 0 Å². The molecule has 0 aromatic carbocycles. The Labute approximate surface area is 133 Å². The van der Waals surface area contributed by atoms with E-state index < -0.39 is 0 Å². The predicted octanol–water partition coefficient (Wildman–Crippen LogP) is 2.14. The topological polar surface area (TPSA) is 61.8 Å². The van der Waals surface area contributed by atoms with Gasteiger partial charge in [-0.25, -0.2) is 4.79 Å². The summed E-state index contributed by atoms with van der Waals surface area (Å²) in [6.45, 7) is 6.47. The lowest BCUT2D eigenvalue weighted by Crippen LogP contribution is -2.69. The lowest BCUT2D eigenvalue weighted by atomic mass is 9.51. The van der Waals surface area contributed by atoms with Crippen molar-refractivity contribution in [2.24, 2.45) is 10.8 Å². The zero-order valence-electron chi connectivity index (χ0n) is 13.9. The summed E-state index contributed by atoms with van der Waals surface area (Å²) < 4.78 is 5.85. The number of carbonyl (C=O) groups is 1. The first kappa shape index (κ1) is 16.1. The van der Waals surface area contributed by atoms with Gasteiger partial charge in [-0.2, -0.15) is 0 Å². The van der Waals surface area contributed by atoms with Crippen LogP contribution in [0.2, 0.25) is 0 Å². The van der Waals surface area contributed by atoms with E-state index in [-0.39, 0.29) is 29.5 Å². The lowest BCUT2D eigenvalue weighted by molar-refractivity contribution is -0.170. The number of likely N-dealkylation sites (tertiary alicyclic amines) is 1. The first-order valence-electron chi connectivity index (χ1n) is 8.81. The van der Waals surface area contributed by atoms with Gasteiger partial charge in [0.2, 0.25) is 0 Å². The Balaban J connectivity index is 1.56. The molecular weight excluding hydrogens is 280 g/mol. The molecule has 2 aliphatic carbocycles. The minimum absolute atomic E-state index is 0.0469.